The Balaban J connectivity index is 4.40. The van der Waals surface area contributed by atoms with Crippen LogP contribution in [-0.2, 0) is 14.3 Å². The van der Waals surface area contributed by atoms with Crippen LogP contribution in [0.1, 0.15) is 13.3 Å². The molecular formula is C7H9F3O3S. The molecular weight excluding hydrogens is 221 g/mol. The maximum Gasteiger partial charge on any atom is 0.390 e. The van der Waals surface area contributed by atoms with Crippen molar-refractivity contribution in [3.63, 3.8) is 0 Å². The van der Waals surface area contributed by atoms with Crippen LogP contribution < -0.4 is 0 Å². The number of rotatable bonds is 3. The van der Waals surface area contributed by atoms with Crippen molar-refractivity contribution in [3.8, 4) is 0 Å². The molecule has 0 aromatic rings. The Hall–Kier alpha value is -0.720. The van der Waals surface area contributed by atoms with Crippen LogP contribution in [0.3, 0.4) is 0 Å². The van der Waals surface area contributed by atoms with Crippen molar-refractivity contribution < 1.29 is 27.5 Å². The summed E-state index contributed by atoms with van der Waals surface area (Å²) in [5, 5.41) is -2.05. The molecule has 0 aromatic carbocycles. The van der Waals surface area contributed by atoms with Crippen LogP contribution in [-0.4, -0.2) is 29.6 Å². The van der Waals surface area contributed by atoms with Gasteiger partial charge in [0.25, 0.3) is 0 Å². The predicted octanol–water partition coefficient (Wildman–Crippen LogP) is 1.76. The minimum absolute atomic E-state index is 0.326. The van der Waals surface area contributed by atoms with E-state index in [1.807, 2.05) is 0 Å². The van der Waals surface area contributed by atoms with Crippen LogP contribution in [0.25, 0.3) is 0 Å². The largest absolute Gasteiger partial charge is 0.468 e. The Morgan fingerprint density at radius 1 is 1.43 bits per heavy atom. The normalized spacial score (nSPS) is 13.5. The van der Waals surface area contributed by atoms with Gasteiger partial charge >= 0.3 is 12.1 Å². The molecule has 0 bridgehead atoms. The van der Waals surface area contributed by atoms with Gasteiger partial charge in [-0.3, -0.25) is 9.59 Å². The molecule has 0 rings (SSSR count). The molecule has 0 heterocycles. The van der Waals surface area contributed by atoms with Gasteiger partial charge in [-0.15, -0.1) is 0 Å². The fourth-order valence-electron chi connectivity index (χ4n) is 0.715. The second kappa shape index (κ2) is 5.23. The standard InChI is InChI=1S/C7H9F3O3S/c1-4(11)14-5(6(12)13-2)3-7(8,9)10/h5H,3H2,1-2H3. The van der Waals surface area contributed by atoms with Crippen molar-refractivity contribution >= 4 is 22.8 Å². The van der Waals surface area contributed by atoms with Gasteiger partial charge in [0.15, 0.2) is 5.12 Å². The monoisotopic (exact) mass is 230 g/mol. The number of esters is 1. The lowest BCUT2D eigenvalue weighted by Gasteiger charge is -2.14. The number of hydrogen-bond donors (Lipinski definition) is 0. The molecule has 0 aromatic heterocycles. The average Bonchev–Trinajstić information content (AvgIpc) is 1.98. The number of carbonyl (C=O) groups excluding carboxylic acids is 2. The van der Waals surface area contributed by atoms with Crippen LogP contribution in [0, 0.1) is 0 Å². The molecule has 0 spiro atoms. The number of methoxy groups -OCH3 is 1. The van der Waals surface area contributed by atoms with Gasteiger partial charge < -0.3 is 4.74 Å². The van der Waals surface area contributed by atoms with E-state index in [0.717, 1.165) is 14.0 Å². The quantitative estimate of drug-likeness (QED) is 0.693. The van der Waals surface area contributed by atoms with Gasteiger partial charge in [-0.05, 0) is 0 Å². The minimum atomic E-state index is -4.48. The highest BCUT2D eigenvalue weighted by Gasteiger charge is 2.37. The number of hydrogen-bond acceptors (Lipinski definition) is 4. The minimum Gasteiger partial charge on any atom is -0.468 e. The Morgan fingerprint density at radius 3 is 2.21 bits per heavy atom. The van der Waals surface area contributed by atoms with E-state index in [-0.39, 0.29) is 0 Å². The molecule has 0 aliphatic carbocycles. The molecule has 0 amide bonds. The number of carbonyl (C=O) groups is 2. The smallest absolute Gasteiger partial charge is 0.390 e. The fourth-order valence-corrected chi connectivity index (χ4v) is 1.58. The summed E-state index contributed by atoms with van der Waals surface area (Å²) in [4.78, 5) is 21.4. The summed E-state index contributed by atoms with van der Waals surface area (Å²) in [5.41, 5.74) is 0. The maximum absolute atomic E-state index is 11.9. The number of alkyl halides is 3. The van der Waals surface area contributed by atoms with E-state index in [4.69, 9.17) is 0 Å². The van der Waals surface area contributed by atoms with Gasteiger partial charge in [0.2, 0.25) is 0 Å². The SMILES string of the molecule is COC(=O)C(CC(F)(F)F)SC(C)=O. The Bertz CT molecular complexity index is 227. The summed E-state index contributed by atoms with van der Waals surface area (Å²) in [5.74, 6) is -1.04. The molecule has 0 saturated heterocycles. The summed E-state index contributed by atoms with van der Waals surface area (Å²) in [6, 6.07) is 0. The van der Waals surface area contributed by atoms with E-state index in [1.165, 1.54) is 0 Å². The van der Waals surface area contributed by atoms with E-state index in [1.54, 1.807) is 0 Å². The Morgan fingerprint density at radius 2 is 1.93 bits per heavy atom. The first-order valence-corrected chi connectivity index (χ1v) is 4.46. The van der Waals surface area contributed by atoms with Crippen molar-refractivity contribution in [3.05, 3.63) is 0 Å². The van der Waals surface area contributed by atoms with E-state index < -0.39 is 28.9 Å². The molecule has 0 saturated carbocycles. The summed E-state index contributed by atoms with van der Waals surface area (Å²) < 4.78 is 39.9. The summed E-state index contributed by atoms with van der Waals surface area (Å²) in [6.45, 7) is 1.09. The highest BCUT2D eigenvalue weighted by Crippen LogP contribution is 2.28. The summed E-state index contributed by atoms with van der Waals surface area (Å²) >= 11 is 0.326. The molecule has 14 heavy (non-hydrogen) atoms. The third-order valence-corrected chi connectivity index (χ3v) is 2.16. The number of halogens is 3. The van der Waals surface area contributed by atoms with Crippen LogP contribution in [0.5, 0.6) is 0 Å². The topological polar surface area (TPSA) is 43.4 Å². The first-order valence-electron chi connectivity index (χ1n) is 3.58. The molecule has 1 atom stereocenters. The van der Waals surface area contributed by atoms with Gasteiger partial charge in [-0.2, -0.15) is 13.2 Å². The third kappa shape index (κ3) is 5.85. The van der Waals surface area contributed by atoms with E-state index in [2.05, 4.69) is 4.74 Å². The number of ether oxygens (including phenoxy) is 1. The van der Waals surface area contributed by atoms with Crippen molar-refractivity contribution in [2.24, 2.45) is 0 Å². The van der Waals surface area contributed by atoms with Crippen molar-refractivity contribution in [2.75, 3.05) is 7.11 Å². The van der Waals surface area contributed by atoms with Gasteiger partial charge in [-0.25, -0.2) is 0 Å². The lowest BCUT2D eigenvalue weighted by atomic mass is 10.3. The maximum atomic E-state index is 11.9. The fraction of sp³-hybridized carbons (Fsp3) is 0.714. The first-order chi connectivity index (χ1) is 6.26. The zero-order valence-corrected chi connectivity index (χ0v) is 8.37. The van der Waals surface area contributed by atoms with Crippen molar-refractivity contribution in [1.29, 1.82) is 0 Å². The molecule has 0 aliphatic rings. The van der Waals surface area contributed by atoms with Crippen LogP contribution >= 0.6 is 11.8 Å². The van der Waals surface area contributed by atoms with Crippen LogP contribution in [0.4, 0.5) is 13.2 Å². The molecule has 3 nitrogen and oxygen atoms in total. The first kappa shape index (κ1) is 13.3. The molecule has 0 fully saturated rings. The summed E-state index contributed by atoms with van der Waals surface area (Å²) in [6.07, 6.45) is -5.84. The highest BCUT2D eigenvalue weighted by molar-refractivity contribution is 8.14. The van der Waals surface area contributed by atoms with Crippen LogP contribution in [0.15, 0.2) is 0 Å². The zero-order valence-electron chi connectivity index (χ0n) is 7.55. The summed E-state index contributed by atoms with van der Waals surface area (Å²) in [7, 11) is 0.979. The highest BCUT2D eigenvalue weighted by atomic mass is 32.2. The van der Waals surface area contributed by atoms with E-state index in [9.17, 15) is 22.8 Å². The lowest BCUT2D eigenvalue weighted by Crippen LogP contribution is -2.26. The molecule has 0 aliphatic heterocycles. The van der Waals surface area contributed by atoms with E-state index in [0.29, 0.717) is 11.8 Å². The van der Waals surface area contributed by atoms with Gasteiger partial charge in [0.05, 0.1) is 13.5 Å². The molecule has 1 unspecified atom stereocenters. The van der Waals surface area contributed by atoms with Crippen molar-refractivity contribution in [1.82, 2.24) is 0 Å². The molecule has 82 valence electrons. The van der Waals surface area contributed by atoms with Crippen molar-refractivity contribution in [2.45, 2.75) is 24.8 Å². The Kier molecular flexibility index (Phi) is 4.96. The third-order valence-electron chi connectivity index (χ3n) is 1.19. The second-order valence-corrected chi connectivity index (χ2v) is 3.82. The average molecular weight is 230 g/mol. The van der Waals surface area contributed by atoms with Gasteiger partial charge in [0, 0.05) is 6.92 Å². The van der Waals surface area contributed by atoms with Gasteiger partial charge in [0.1, 0.15) is 5.25 Å². The van der Waals surface area contributed by atoms with Gasteiger partial charge in [-0.1, -0.05) is 11.8 Å². The predicted molar refractivity (Wildman–Crippen MR) is 44.7 cm³/mol. The lowest BCUT2D eigenvalue weighted by molar-refractivity contribution is -0.153. The van der Waals surface area contributed by atoms with E-state index >= 15 is 0 Å². The molecule has 7 heteroatoms. The van der Waals surface area contributed by atoms with Crippen LogP contribution in [0.2, 0.25) is 0 Å². The second-order valence-electron chi connectivity index (χ2n) is 2.44. The molecule has 0 N–H and O–H groups in total. The Labute approximate surface area is 83.0 Å². The zero-order chi connectivity index (χ0) is 11.4. The number of thioether (sulfide) groups is 1. The molecule has 0 radical (unpaired) electrons.